The molecule has 2 N–H and O–H groups in total. The van der Waals surface area contributed by atoms with Gasteiger partial charge in [0, 0.05) is 18.7 Å². The predicted molar refractivity (Wildman–Crippen MR) is 73.6 cm³/mol. The molecule has 0 saturated carbocycles. The summed E-state index contributed by atoms with van der Waals surface area (Å²) in [5.74, 6) is -0.874. The van der Waals surface area contributed by atoms with Crippen LogP contribution >= 0.6 is 0 Å². The van der Waals surface area contributed by atoms with Crippen LogP contribution in [0.2, 0.25) is 0 Å². The van der Waals surface area contributed by atoms with Gasteiger partial charge in [-0.3, -0.25) is 15.0 Å². The van der Waals surface area contributed by atoms with E-state index in [1.807, 2.05) is 25.1 Å². The molecule has 1 aliphatic heterocycles. The van der Waals surface area contributed by atoms with E-state index in [2.05, 4.69) is 5.32 Å². The third-order valence-electron chi connectivity index (χ3n) is 3.35. The predicted octanol–water partition coefficient (Wildman–Crippen LogP) is 1.78. The summed E-state index contributed by atoms with van der Waals surface area (Å²) < 4.78 is 5.27. The first-order valence-electron chi connectivity index (χ1n) is 6.59. The molecule has 0 radical (unpaired) electrons. The third-order valence-corrected chi connectivity index (χ3v) is 3.35. The van der Waals surface area contributed by atoms with Crippen molar-refractivity contribution in [3.63, 3.8) is 0 Å². The Morgan fingerprint density at radius 2 is 2.10 bits per heavy atom. The summed E-state index contributed by atoms with van der Waals surface area (Å²) in [5.41, 5.74) is 0.651. The van der Waals surface area contributed by atoms with Gasteiger partial charge in [-0.2, -0.15) is 0 Å². The number of carboxylic acids is 1. The first kappa shape index (κ1) is 14.3. The van der Waals surface area contributed by atoms with E-state index in [-0.39, 0.29) is 6.10 Å². The standard InChI is InChI=1S/C14H18N2O4/c1-2-16-9-11(8-12(16)13(17)18)20-14(19)15-10-6-4-3-5-7-10/h3-7,11-12H,2,8-9H2,1H3,(H,15,19)(H,17,18). The zero-order valence-corrected chi connectivity index (χ0v) is 11.3. The van der Waals surface area contributed by atoms with Crippen molar-refractivity contribution in [3.8, 4) is 0 Å². The zero-order chi connectivity index (χ0) is 14.5. The van der Waals surface area contributed by atoms with Gasteiger partial charge in [0.2, 0.25) is 0 Å². The number of hydrogen-bond acceptors (Lipinski definition) is 4. The molecule has 20 heavy (non-hydrogen) atoms. The molecule has 0 spiro atoms. The molecule has 1 fully saturated rings. The second-order valence-electron chi connectivity index (χ2n) is 4.70. The number of carbonyl (C=O) groups excluding carboxylic acids is 1. The van der Waals surface area contributed by atoms with Crippen molar-refractivity contribution in [2.75, 3.05) is 18.4 Å². The first-order valence-corrected chi connectivity index (χ1v) is 6.59. The summed E-state index contributed by atoms with van der Waals surface area (Å²) in [6, 6.07) is 8.41. The van der Waals surface area contributed by atoms with Crippen LogP contribution in [0.5, 0.6) is 0 Å². The molecule has 1 heterocycles. The maximum Gasteiger partial charge on any atom is 0.411 e. The Kier molecular flexibility index (Phi) is 4.57. The van der Waals surface area contributed by atoms with Crippen LogP contribution in [0.25, 0.3) is 0 Å². The molecule has 1 aromatic carbocycles. The van der Waals surface area contributed by atoms with E-state index in [1.165, 1.54) is 0 Å². The first-order chi connectivity index (χ1) is 9.60. The fourth-order valence-electron chi connectivity index (χ4n) is 2.37. The average Bonchev–Trinajstić information content (AvgIpc) is 2.83. The second kappa shape index (κ2) is 6.38. The third kappa shape index (κ3) is 3.48. The number of para-hydroxylation sites is 1. The van der Waals surface area contributed by atoms with Crippen LogP contribution < -0.4 is 5.32 Å². The maximum atomic E-state index is 11.7. The van der Waals surface area contributed by atoms with Gasteiger partial charge in [-0.05, 0) is 18.7 Å². The highest BCUT2D eigenvalue weighted by Gasteiger charge is 2.37. The molecule has 2 unspecified atom stereocenters. The van der Waals surface area contributed by atoms with Crippen LogP contribution in [0.3, 0.4) is 0 Å². The largest absolute Gasteiger partial charge is 0.480 e. The van der Waals surface area contributed by atoms with Crippen LogP contribution in [0.1, 0.15) is 13.3 Å². The summed E-state index contributed by atoms with van der Waals surface area (Å²) in [6.07, 6.45) is -0.617. The van der Waals surface area contributed by atoms with Crippen molar-refractivity contribution in [3.05, 3.63) is 30.3 Å². The normalized spacial score (nSPS) is 22.4. The number of amides is 1. The van der Waals surface area contributed by atoms with Gasteiger partial charge in [-0.1, -0.05) is 25.1 Å². The van der Waals surface area contributed by atoms with Crippen LogP contribution in [0.15, 0.2) is 30.3 Å². The molecule has 2 atom stereocenters. The fourth-order valence-corrected chi connectivity index (χ4v) is 2.37. The monoisotopic (exact) mass is 278 g/mol. The minimum atomic E-state index is -0.874. The number of aliphatic carboxylic acids is 1. The molecule has 6 nitrogen and oxygen atoms in total. The summed E-state index contributed by atoms with van der Waals surface area (Å²) in [4.78, 5) is 24.6. The smallest absolute Gasteiger partial charge is 0.411 e. The van der Waals surface area contributed by atoms with Crippen molar-refractivity contribution in [2.24, 2.45) is 0 Å². The molecule has 1 amide bonds. The number of nitrogens with one attached hydrogen (secondary N) is 1. The Morgan fingerprint density at radius 3 is 2.65 bits per heavy atom. The molecule has 0 aromatic heterocycles. The molecule has 1 aliphatic rings. The van der Waals surface area contributed by atoms with E-state index in [1.54, 1.807) is 17.0 Å². The number of likely N-dealkylation sites (tertiary alicyclic amines) is 1. The number of carbonyl (C=O) groups is 2. The lowest BCUT2D eigenvalue weighted by Gasteiger charge is -2.17. The van der Waals surface area contributed by atoms with Crippen molar-refractivity contribution in [1.29, 1.82) is 0 Å². The van der Waals surface area contributed by atoms with Gasteiger partial charge in [0.25, 0.3) is 0 Å². The zero-order valence-electron chi connectivity index (χ0n) is 11.3. The number of carboxylic acid groups (broad SMARTS) is 1. The van der Waals surface area contributed by atoms with Gasteiger partial charge in [0.15, 0.2) is 0 Å². The minimum absolute atomic E-state index is 0.325. The highest BCUT2D eigenvalue weighted by molar-refractivity contribution is 5.84. The van der Waals surface area contributed by atoms with Crippen LogP contribution in [-0.4, -0.2) is 47.3 Å². The number of hydrogen-bond donors (Lipinski definition) is 2. The number of nitrogens with zero attached hydrogens (tertiary/aromatic N) is 1. The average molecular weight is 278 g/mol. The lowest BCUT2D eigenvalue weighted by molar-refractivity contribution is -0.142. The Labute approximate surface area is 117 Å². The highest BCUT2D eigenvalue weighted by Crippen LogP contribution is 2.20. The van der Waals surface area contributed by atoms with Crippen molar-refractivity contribution in [2.45, 2.75) is 25.5 Å². The molecule has 0 aliphatic carbocycles. The van der Waals surface area contributed by atoms with E-state index in [0.717, 1.165) is 0 Å². The number of anilines is 1. The molecule has 0 bridgehead atoms. The number of rotatable bonds is 4. The van der Waals surface area contributed by atoms with Gasteiger partial charge < -0.3 is 9.84 Å². The molecule has 1 aromatic rings. The summed E-state index contributed by atoms with van der Waals surface area (Å²) >= 11 is 0. The summed E-state index contributed by atoms with van der Waals surface area (Å²) in [6.45, 7) is 2.97. The van der Waals surface area contributed by atoms with Gasteiger partial charge in [0.1, 0.15) is 12.1 Å². The molecular weight excluding hydrogens is 260 g/mol. The van der Waals surface area contributed by atoms with E-state index in [9.17, 15) is 9.59 Å². The highest BCUT2D eigenvalue weighted by atomic mass is 16.6. The molecule has 108 valence electrons. The fraction of sp³-hybridized carbons (Fsp3) is 0.429. The number of benzene rings is 1. The van der Waals surface area contributed by atoms with E-state index >= 15 is 0 Å². The minimum Gasteiger partial charge on any atom is -0.480 e. The number of ether oxygens (including phenoxy) is 1. The summed E-state index contributed by atoms with van der Waals surface area (Å²) in [7, 11) is 0. The second-order valence-corrected chi connectivity index (χ2v) is 4.70. The Hall–Kier alpha value is -2.08. The van der Waals surface area contributed by atoms with Crippen molar-refractivity contribution in [1.82, 2.24) is 4.90 Å². The number of likely N-dealkylation sites (N-methyl/N-ethyl adjacent to an activating group) is 1. The Balaban J connectivity index is 1.88. The SMILES string of the molecule is CCN1CC(OC(=O)Nc2ccccc2)CC1C(=O)O. The molecular formula is C14H18N2O4. The lowest BCUT2D eigenvalue weighted by atomic mass is 10.2. The van der Waals surface area contributed by atoms with Crippen LogP contribution in [-0.2, 0) is 9.53 Å². The van der Waals surface area contributed by atoms with Gasteiger partial charge in [-0.25, -0.2) is 4.79 Å². The summed E-state index contributed by atoms with van der Waals surface area (Å²) in [5, 5.41) is 11.7. The quantitative estimate of drug-likeness (QED) is 0.877. The Bertz CT molecular complexity index is 477. The van der Waals surface area contributed by atoms with E-state index in [0.29, 0.717) is 25.2 Å². The van der Waals surface area contributed by atoms with Crippen molar-refractivity contribution < 1.29 is 19.4 Å². The topological polar surface area (TPSA) is 78.9 Å². The molecule has 2 rings (SSSR count). The van der Waals surface area contributed by atoms with E-state index < -0.39 is 18.1 Å². The molecule has 1 saturated heterocycles. The Morgan fingerprint density at radius 1 is 1.40 bits per heavy atom. The maximum absolute atomic E-state index is 11.7. The van der Waals surface area contributed by atoms with Crippen LogP contribution in [0, 0.1) is 0 Å². The molecule has 6 heteroatoms. The van der Waals surface area contributed by atoms with E-state index in [4.69, 9.17) is 9.84 Å². The van der Waals surface area contributed by atoms with Crippen molar-refractivity contribution >= 4 is 17.7 Å². The van der Waals surface area contributed by atoms with Gasteiger partial charge in [0.05, 0.1) is 0 Å². The van der Waals surface area contributed by atoms with Gasteiger partial charge in [-0.15, -0.1) is 0 Å². The lowest BCUT2D eigenvalue weighted by Crippen LogP contribution is -2.35. The van der Waals surface area contributed by atoms with Crippen LogP contribution in [0.4, 0.5) is 10.5 Å². The van der Waals surface area contributed by atoms with Gasteiger partial charge >= 0.3 is 12.1 Å².